The minimum atomic E-state index is -0.404. The van der Waals surface area contributed by atoms with E-state index in [1.165, 1.54) is 13.0 Å². The molecule has 4 nitrogen and oxygen atoms in total. The molecule has 0 radical (unpaired) electrons. The van der Waals surface area contributed by atoms with Crippen LogP contribution in [-0.2, 0) is 4.79 Å². The zero-order chi connectivity index (χ0) is 10.6. The smallest absolute Gasteiger partial charge is 0.308 e. The molecule has 0 saturated carbocycles. The molecule has 1 aromatic carbocycles. The third kappa shape index (κ3) is 2.32. The fourth-order valence-corrected chi connectivity index (χ4v) is 1.10. The van der Waals surface area contributed by atoms with Gasteiger partial charge in [0.25, 0.3) is 0 Å². The predicted molar refractivity (Wildman–Crippen MR) is 52.7 cm³/mol. The summed E-state index contributed by atoms with van der Waals surface area (Å²) in [5.41, 5.74) is 1.17. The van der Waals surface area contributed by atoms with Crippen molar-refractivity contribution < 1.29 is 14.3 Å². The van der Waals surface area contributed by atoms with Crippen LogP contribution in [0.1, 0.15) is 17.3 Å². The minimum Gasteiger partial charge on any atom is -0.427 e. The van der Waals surface area contributed by atoms with Gasteiger partial charge in [-0.05, 0) is 18.2 Å². The fraction of sp³-hybridized carbons (Fsp3) is 0.200. The van der Waals surface area contributed by atoms with E-state index in [2.05, 4.69) is 5.32 Å². The van der Waals surface area contributed by atoms with Crippen molar-refractivity contribution in [2.24, 2.45) is 0 Å². The van der Waals surface area contributed by atoms with Crippen LogP contribution in [0.2, 0.25) is 0 Å². The standard InChI is InChI=1S/C10H11NO3/c1-7(13)14-9-3-4-10(11-2)8(5-9)6-12/h3-6,11H,1-2H3. The summed E-state index contributed by atoms with van der Waals surface area (Å²) in [5.74, 6) is -0.0299. The van der Waals surface area contributed by atoms with E-state index in [0.717, 1.165) is 0 Å². The third-order valence-corrected chi connectivity index (χ3v) is 1.68. The van der Waals surface area contributed by atoms with E-state index in [1.807, 2.05) is 0 Å². The number of esters is 1. The highest BCUT2D eigenvalue weighted by Gasteiger charge is 2.03. The second-order valence-corrected chi connectivity index (χ2v) is 2.71. The second-order valence-electron chi connectivity index (χ2n) is 2.71. The summed E-state index contributed by atoms with van der Waals surface area (Å²) in [6, 6.07) is 4.82. The van der Waals surface area contributed by atoms with Crippen molar-refractivity contribution in [3.05, 3.63) is 23.8 Å². The van der Waals surface area contributed by atoms with Crippen LogP contribution < -0.4 is 10.1 Å². The van der Waals surface area contributed by atoms with Crippen LogP contribution in [0.3, 0.4) is 0 Å². The van der Waals surface area contributed by atoms with E-state index in [9.17, 15) is 9.59 Å². The first-order valence-electron chi connectivity index (χ1n) is 4.12. The fourth-order valence-electron chi connectivity index (χ4n) is 1.10. The molecule has 1 aromatic rings. The maximum absolute atomic E-state index is 10.6. The van der Waals surface area contributed by atoms with Crippen molar-refractivity contribution >= 4 is 17.9 Å². The van der Waals surface area contributed by atoms with Crippen LogP contribution in [0.25, 0.3) is 0 Å². The lowest BCUT2D eigenvalue weighted by atomic mass is 10.2. The highest BCUT2D eigenvalue weighted by Crippen LogP contribution is 2.20. The summed E-state index contributed by atoms with van der Waals surface area (Å²) in [6.07, 6.45) is 0.707. The largest absolute Gasteiger partial charge is 0.427 e. The molecule has 0 fully saturated rings. The Morgan fingerprint density at radius 1 is 1.50 bits per heavy atom. The topological polar surface area (TPSA) is 55.4 Å². The molecular weight excluding hydrogens is 182 g/mol. The summed E-state index contributed by atoms with van der Waals surface area (Å²) in [7, 11) is 1.72. The van der Waals surface area contributed by atoms with Crippen molar-refractivity contribution in [1.82, 2.24) is 0 Å². The van der Waals surface area contributed by atoms with Crippen molar-refractivity contribution in [3.8, 4) is 5.75 Å². The molecule has 0 unspecified atom stereocenters. The van der Waals surface area contributed by atoms with Crippen LogP contribution >= 0.6 is 0 Å². The van der Waals surface area contributed by atoms with Crippen LogP contribution in [0, 0.1) is 0 Å². The molecule has 0 atom stereocenters. The maximum atomic E-state index is 10.6. The molecule has 74 valence electrons. The number of hydrogen-bond acceptors (Lipinski definition) is 4. The zero-order valence-corrected chi connectivity index (χ0v) is 8.03. The Bertz CT molecular complexity index is 360. The molecule has 1 rings (SSSR count). The van der Waals surface area contributed by atoms with Gasteiger partial charge in [-0.1, -0.05) is 0 Å². The number of benzene rings is 1. The van der Waals surface area contributed by atoms with Crippen LogP contribution in [0.5, 0.6) is 5.75 Å². The van der Waals surface area contributed by atoms with Crippen molar-refractivity contribution in [3.63, 3.8) is 0 Å². The molecule has 0 aliphatic heterocycles. The number of anilines is 1. The van der Waals surface area contributed by atoms with Crippen molar-refractivity contribution in [2.45, 2.75) is 6.92 Å². The number of hydrogen-bond donors (Lipinski definition) is 1. The number of ether oxygens (including phenoxy) is 1. The highest BCUT2D eigenvalue weighted by atomic mass is 16.5. The number of carbonyl (C=O) groups is 2. The Balaban J connectivity index is 3.01. The Labute approximate surface area is 81.9 Å². The van der Waals surface area contributed by atoms with Crippen LogP contribution in [0.4, 0.5) is 5.69 Å². The molecule has 0 aromatic heterocycles. The Hall–Kier alpha value is -1.84. The summed E-state index contributed by atoms with van der Waals surface area (Å²) in [4.78, 5) is 21.3. The first kappa shape index (κ1) is 10.2. The van der Waals surface area contributed by atoms with Gasteiger partial charge in [0.05, 0.1) is 0 Å². The van der Waals surface area contributed by atoms with Gasteiger partial charge in [-0.25, -0.2) is 0 Å². The lowest BCUT2D eigenvalue weighted by Gasteiger charge is -2.06. The Morgan fingerprint density at radius 3 is 2.71 bits per heavy atom. The third-order valence-electron chi connectivity index (χ3n) is 1.68. The van der Waals surface area contributed by atoms with E-state index in [1.54, 1.807) is 19.2 Å². The molecule has 14 heavy (non-hydrogen) atoms. The zero-order valence-electron chi connectivity index (χ0n) is 8.03. The minimum absolute atomic E-state index is 0.374. The molecular formula is C10H11NO3. The van der Waals surface area contributed by atoms with Crippen molar-refractivity contribution in [1.29, 1.82) is 0 Å². The summed E-state index contributed by atoms with van der Waals surface area (Å²) >= 11 is 0. The van der Waals surface area contributed by atoms with Crippen LogP contribution in [-0.4, -0.2) is 19.3 Å². The Morgan fingerprint density at radius 2 is 2.21 bits per heavy atom. The van der Waals surface area contributed by atoms with E-state index >= 15 is 0 Å². The molecule has 0 aliphatic carbocycles. The molecule has 0 saturated heterocycles. The average Bonchev–Trinajstić information content (AvgIpc) is 2.16. The van der Waals surface area contributed by atoms with Gasteiger partial charge < -0.3 is 10.1 Å². The summed E-state index contributed by atoms with van der Waals surface area (Å²) in [5, 5.41) is 2.86. The first-order valence-corrected chi connectivity index (χ1v) is 4.12. The Kier molecular flexibility index (Phi) is 3.23. The molecule has 4 heteroatoms. The lowest BCUT2D eigenvalue weighted by Crippen LogP contribution is -2.02. The highest BCUT2D eigenvalue weighted by molar-refractivity contribution is 5.85. The van der Waals surface area contributed by atoms with Gasteiger partial charge in [0.15, 0.2) is 6.29 Å². The second kappa shape index (κ2) is 4.41. The molecule has 0 bridgehead atoms. The van der Waals surface area contributed by atoms with Gasteiger partial charge in [-0.3, -0.25) is 9.59 Å². The molecule has 1 N–H and O–H groups in total. The molecule has 0 spiro atoms. The van der Waals surface area contributed by atoms with E-state index < -0.39 is 5.97 Å². The quantitative estimate of drug-likeness (QED) is 0.448. The van der Waals surface area contributed by atoms with Gasteiger partial charge in [-0.2, -0.15) is 0 Å². The summed E-state index contributed by atoms with van der Waals surface area (Å²) < 4.78 is 4.83. The first-order chi connectivity index (χ1) is 6.67. The molecule has 0 aliphatic rings. The van der Waals surface area contributed by atoms with E-state index in [4.69, 9.17) is 4.74 Å². The maximum Gasteiger partial charge on any atom is 0.308 e. The average molecular weight is 193 g/mol. The summed E-state index contributed by atoms with van der Waals surface area (Å²) in [6.45, 7) is 1.31. The molecule has 0 heterocycles. The normalized spacial score (nSPS) is 9.29. The number of rotatable bonds is 3. The lowest BCUT2D eigenvalue weighted by molar-refractivity contribution is -0.131. The number of aldehydes is 1. The van der Waals surface area contributed by atoms with Crippen molar-refractivity contribution in [2.75, 3.05) is 12.4 Å². The van der Waals surface area contributed by atoms with Crippen LogP contribution in [0.15, 0.2) is 18.2 Å². The van der Waals surface area contributed by atoms with Gasteiger partial charge >= 0.3 is 5.97 Å². The monoisotopic (exact) mass is 193 g/mol. The van der Waals surface area contributed by atoms with Gasteiger partial charge in [0.2, 0.25) is 0 Å². The molecule has 0 amide bonds. The number of carbonyl (C=O) groups excluding carboxylic acids is 2. The van der Waals surface area contributed by atoms with Gasteiger partial charge in [-0.15, -0.1) is 0 Å². The van der Waals surface area contributed by atoms with E-state index in [-0.39, 0.29) is 0 Å². The SMILES string of the molecule is CNc1ccc(OC(C)=O)cc1C=O. The van der Waals surface area contributed by atoms with Gasteiger partial charge in [0.1, 0.15) is 5.75 Å². The predicted octanol–water partition coefficient (Wildman–Crippen LogP) is 1.47. The number of nitrogens with one attached hydrogen (secondary N) is 1. The van der Waals surface area contributed by atoms with E-state index in [0.29, 0.717) is 23.3 Å². The van der Waals surface area contributed by atoms with Gasteiger partial charge in [0, 0.05) is 25.2 Å².